The van der Waals surface area contributed by atoms with Gasteiger partial charge in [0.25, 0.3) is 0 Å². The normalized spacial score (nSPS) is 29.5. The first-order valence-electron chi connectivity index (χ1n) is 6.98. The minimum atomic E-state index is 0.0368. The second-order valence-electron chi connectivity index (χ2n) is 5.19. The maximum absolute atomic E-state index is 11.6. The molecule has 0 radical (unpaired) electrons. The lowest BCUT2D eigenvalue weighted by molar-refractivity contribution is -0.118. The van der Waals surface area contributed by atoms with Gasteiger partial charge in [-0.05, 0) is 17.6 Å². The highest BCUT2D eigenvalue weighted by molar-refractivity contribution is 5.85. The molecule has 3 rings (SSSR count). The summed E-state index contributed by atoms with van der Waals surface area (Å²) >= 11 is 0. The summed E-state index contributed by atoms with van der Waals surface area (Å²) in [5, 5.41) is 5.38. The number of rotatable bonds is 3. The molecule has 0 aliphatic carbocycles. The standard InChI is InChI=1S/C14H20N4O/c1-2-5-17-18-9-10-7-11(19)8-16-13(10)12-4-3-6-15-14(12)18/h4,6,9,13-14,16-17H,2-3,5,7-8H2,1H3. The maximum Gasteiger partial charge on any atom is 0.157 e. The van der Waals surface area contributed by atoms with E-state index in [1.54, 1.807) is 0 Å². The number of piperidine rings is 1. The molecule has 3 heterocycles. The van der Waals surface area contributed by atoms with E-state index in [1.165, 1.54) is 5.57 Å². The van der Waals surface area contributed by atoms with Gasteiger partial charge < -0.3 is 0 Å². The van der Waals surface area contributed by atoms with Gasteiger partial charge in [0.1, 0.15) is 0 Å². The van der Waals surface area contributed by atoms with Gasteiger partial charge in [-0.1, -0.05) is 13.0 Å². The Morgan fingerprint density at radius 1 is 1.58 bits per heavy atom. The fourth-order valence-corrected chi connectivity index (χ4v) is 2.85. The fourth-order valence-electron chi connectivity index (χ4n) is 2.85. The zero-order valence-electron chi connectivity index (χ0n) is 11.2. The molecule has 5 nitrogen and oxygen atoms in total. The van der Waals surface area contributed by atoms with E-state index in [4.69, 9.17) is 0 Å². The second kappa shape index (κ2) is 5.27. The summed E-state index contributed by atoms with van der Waals surface area (Å²) in [6.45, 7) is 3.52. The number of nitrogens with one attached hydrogen (secondary N) is 2. The van der Waals surface area contributed by atoms with E-state index in [2.05, 4.69) is 39.9 Å². The lowest BCUT2D eigenvalue weighted by Gasteiger charge is -2.42. The van der Waals surface area contributed by atoms with Crippen LogP contribution in [0.5, 0.6) is 0 Å². The van der Waals surface area contributed by atoms with Gasteiger partial charge in [0, 0.05) is 31.8 Å². The number of hydrogen-bond donors (Lipinski definition) is 2. The van der Waals surface area contributed by atoms with Crippen molar-refractivity contribution in [3.63, 3.8) is 0 Å². The molecule has 19 heavy (non-hydrogen) atoms. The number of hydrogen-bond acceptors (Lipinski definition) is 5. The molecular weight excluding hydrogens is 240 g/mol. The number of fused-ring (bicyclic) bond motifs is 3. The number of aliphatic imine (C=N–C) groups is 1. The molecule has 0 spiro atoms. The van der Waals surface area contributed by atoms with E-state index in [-0.39, 0.29) is 18.0 Å². The Hall–Kier alpha value is -1.46. The Bertz CT molecular complexity index is 466. The van der Waals surface area contributed by atoms with Crippen molar-refractivity contribution in [1.29, 1.82) is 0 Å². The molecule has 0 saturated carbocycles. The highest BCUT2D eigenvalue weighted by Gasteiger charge is 2.37. The van der Waals surface area contributed by atoms with Gasteiger partial charge in [-0.2, -0.15) is 0 Å². The molecule has 2 N–H and O–H groups in total. The van der Waals surface area contributed by atoms with Crippen molar-refractivity contribution in [2.45, 2.75) is 38.4 Å². The number of dihydropyridines is 1. The topological polar surface area (TPSA) is 56.7 Å². The van der Waals surface area contributed by atoms with Crippen LogP contribution in [0.1, 0.15) is 26.2 Å². The molecule has 102 valence electrons. The van der Waals surface area contributed by atoms with Crippen molar-refractivity contribution in [3.05, 3.63) is 23.4 Å². The number of allylic oxidation sites excluding steroid dienone is 1. The Morgan fingerprint density at radius 2 is 2.47 bits per heavy atom. The Labute approximate surface area is 113 Å². The van der Waals surface area contributed by atoms with Gasteiger partial charge in [-0.25, -0.2) is 5.43 Å². The van der Waals surface area contributed by atoms with E-state index in [1.807, 2.05) is 6.21 Å². The lowest BCUT2D eigenvalue weighted by atomic mass is 9.86. The van der Waals surface area contributed by atoms with Gasteiger partial charge in [-0.15, -0.1) is 0 Å². The quantitative estimate of drug-likeness (QED) is 0.736. The summed E-state index contributed by atoms with van der Waals surface area (Å²) in [7, 11) is 0. The summed E-state index contributed by atoms with van der Waals surface area (Å²) in [5.41, 5.74) is 5.81. The monoisotopic (exact) mass is 260 g/mol. The minimum Gasteiger partial charge on any atom is -0.300 e. The Morgan fingerprint density at radius 3 is 3.32 bits per heavy atom. The van der Waals surface area contributed by atoms with E-state index in [0.717, 1.165) is 25.0 Å². The maximum atomic E-state index is 11.6. The van der Waals surface area contributed by atoms with Crippen molar-refractivity contribution < 1.29 is 4.79 Å². The van der Waals surface area contributed by atoms with Crippen molar-refractivity contribution in [3.8, 4) is 0 Å². The highest BCUT2D eigenvalue weighted by atomic mass is 16.1. The molecular formula is C14H20N4O. The third-order valence-corrected chi connectivity index (χ3v) is 3.73. The molecule has 0 aromatic rings. The van der Waals surface area contributed by atoms with Crippen molar-refractivity contribution in [2.75, 3.05) is 13.1 Å². The minimum absolute atomic E-state index is 0.0368. The SMILES string of the molecule is CCCNN1C=C2CC(=O)CNC2C2=CCC=NC21. The van der Waals surface area contributed by atoms with Crippen LogP contribution in [0.25, 0.3) is 0 Å². The lowest BCUT2D eigenvalue weighted by Crippen LogP contribution is -2.54. The number of ketones is 1. The van der Waals surface area contributed by atoms with Crippen LogP contribution in [0.2, 0.25) is 0 Å². The van der Waals surface area contributed by atoms with Crippen molar-refractivity contribution in [1.82, 2.24) is 15.8 Å². The molecule has 2 atom stereocenters. The molecule has 0 amide bonds. The third-order valence-electron chi connectivity index (χ3n) is 3.73. The average Bonchev–Trinajstić information content (AvgIpc) is 2.44. The van der Waals surface area contributed by atoms with Gasteiger partial charge in [-0.3, -0.25) is 20.1 Å². The third kappa shape index (κ3) is 2.35. The van der Waals surface area contributed by atoms with Gasteiger partial charge in [0.2, 0.25) is 0 Å². The fraction of sp³-hybridized carbons (Fsp3) is 0.571. The predicted octanol–water partition coefficient (Wildman–Crippen LogP) is 0.758. The second-order valence-corrected chi connectivity index (χ2v) is 5.19. The number of carbonyl (C=O) groups is 1. The summed E-state index contributed by atoms with van der Waals surface area (Å²) in [4.78, 5) is 16.2. The Kier molecular flexibility index (Phi) is 3.48. The number of Topliss-reactive ketones (excluding diaryl/α,β-unsaturated/α-hetero) is 1. The first kappa shape index (κ1) is 12.6. The zero-order valence-corrected chi connectivity index (χ0v) is 11.2. The van der Waals surface area contributed by atoms with Crippen LogP contribution in [0, 0.1) is 0 Å². The first-order valence-corrected chi connectivity index (χ1v) is 6.98. The molecule has 3 aliphatic rings. The van der Waals surface area contributed by atoms with Crippen LogP contribution in [-0.2, 0) is 4.79 Å². The average molecular weight is 260 g/mol. The largest absolute Gasteiger partial charge is 0.300 e. The molecule has 2 unspecified atom stereocenters. The van der Waals surface area contributed by atoms with Crippen LogP contribution in [0.15, 0.2) is 28.4 Å². The number of carbonyl (C=O) groups excluding carboxylic acids is 1. The summed E-state index contributed by atoms with van der Waals surface area (Å²) in [6.07, 6.45) is 8.79. The van der Waals surface area contributed by atoms with Crippen LogP contribution in [-0.4, -0.2) is 42.3 Å². The number of hydrazine groups is 1. The highest BCUT2D eigenvalue weighted by Crippen LogP contribution is 2.31. The Balaban J connectivity index is 1.90. The molecule has 0 aromatic carbocycles. The van der Waals surface area contributed by atoms with E-state index >= 15 is 0 Å². The smallest absolute Gasteiger partial charge is 0.157 e. The first-order chi connectivity index (χ1) is 9.29. The van der Waals surface area contributed by atoms with Crippen LogP contribution < -0.4 is 10.7 Å². The van der Waals surface area contributed by atoms with E-state index < -0.39 is 0 Å². The van der Waals surface area contributed by atoms with Gasteiger partial charge in [0.05, 0.1) is 12.6 Å². The van der Waals surface area contributed by atoms with Crippen LogP contribution >= 0.6 is 0 Å². The molecule has 3 aliphatic heterocycles. The molecule has 5 heteroatoms. The van der Waals surface area contributed by atoms with Gasteiger partial charge >= 0.3 is 0 Å². The molecule has 0 bridgehead atoms. The van der Waals surface area contributed by atoms with E-state index in [0.29, 0.717) is 13.0 Å². The van der Waals surface area contributed by atoms with Crippen molar-refractivity contribution in [2.24, 2.45) is 4.99 Å². The molecule has 1 fully saturated rings. The predicted molar refractivity (Wildman–Crippen MR) is 74.6 cm³/mol. The summed E-state index contributed by atoms with van der Waals surface area (Å²) in [6, 6.07) is 0.194. The zero-order chi connectivity index (χ0) is 13.2. The van der Waals surface area contributed by atoms with Crippen molar-refractivity contribution >= 4 is 12.0 Å². The molecule has 1 saturated heterocycles. The summed E-state index contributed by atoms with van der Waals surface area (Å²) in [5.74, 6) is 0.260. The van der Waals surface area contributed by atoms with E-state index in [9.17, 15) is 4.79 Å². The van der Waals surface area contributed by atoms with Crippen LogP contribution in [0.3, 0.4) is 0 Å². The van der Waals surface area contributed by atoms with Gasteiger partial charge in [0.15, 0.2) is 11.9 Å². The van der Waals surface area contributed by atoms with Crippen LogP contribution in [0.4, 0.5) is 0 Å². The number of nitrogens with zero attached hydrogens (tertiary/aromatic N) is 2. The summed E-state index contributed by atoms with van der Waals surface area (Å²) < 4.78 is 0. The molecule has 0 aromatic heterocycles.